The Hall–Kier alpha value is -2.70. The zero-order chi connectivity index (χ0) is 22.8. The monoisotopic (exact) mass is 506 g/mol. The van der Waals surface area contributed by atoms with E-state index in [1.807, 2.05) is 34.9 Å². The Morgan fingerprint density at radius 3 is 2.64 bits per heavy atom. The van der Waals surface area contributed by atoms with E-state index >= 15 is 0 Å². The number of benzene rings is 2. The van der Waals surface area contributed by atoms with Gasteiger partial charge in [-0.1, -0.05) is 54.6 Å². The van der Waals surface area contributed by atoms with Gasteiger partial charge in [-0.3, -0.25) is 9.59 Å². The van der Waals surface area contributed by atoms with Gasteiger partial charge in [-0.15, -0.1) is 0 Å². The molecule has 2 aliphatic rings. The average molecular weight is 507 g/mol. The normalized spacial score (nSPS) is 22.0. The molecule has 5 rings (SSSR count). The number of hydrogen-bond acceptors (Lipinski definition) is 3. The molecule has 0 radical (unpaired) electrons. The van der Waals surface area contributed by atoms with Crippen molar-refractivity contribution in [3.05, 3.63) is 92.8 Å². The number of aromatic nitrogens is 1. The minimum absolute atomic E-state index is 0.0484. The fraction of sp³-hybridized carbons (Fsp3) is 0.333. The number of rotatable bonds is 5. The summed E-state index contributed by atoms with van der Waals surface area (Å²) in [6.45, 7) is 0.633. The van der Waals surface area contributed by atoms with Crippen molar-refractivity contribution in [3.8, 4) is 11.1 Å². The maximum Gasteiger partial charge on any atom is 0.265 e. The number of carbonyl (C=O) groups excluding carboxylic acids is 1. The summed E-state index contributed by atoms with van der Waals surface area (Å²) in [5.74, 6) is -0.0629. The summed E-state index contributed by atoms with van der Waals surface area (Å²) in [5, 5.41) is 3.23. The largest absolute Gasteiger partial charge is 0.368 e. The van der Waals surface area contributed by atoms with E-state index in [1.165, 1.54) is 0 Å². The molecule has 1 amide bonds. The summed E-state index contributed by atoms with van der Waals surface area (Å²) in [5.41, 5.74) is 4.40. The topological polar surface area (TPSA) is 60.3 Å². The zero-order valence-corrected chi connectivity index (χ0v) is 20.0. The molecule has 0 saturated carbocycles. The quantitative estimate of drug-likeness (QED) is 0.546. The predicted molar refractivity (Wildman–Crippen MR) is 132 cm³/mol. The highest BCUT2D eigenvalue weighted by atomic mass is 79.9. The first-order chi connectivity index (χ1) is 16.1. The van der Waals surface area contributed by atoms with Crippen LogP contribution in [0.3, 0.4) is 0 Å². The molecule has 1 fully saturated rings. The lowest BCUT2D eigenvalue weighted by Crippen LogP contribution is -2.50. The van der Waals surface area contributed by atoms with E-state index in [2.05, 4.69) is 57.6 Å². The van der Waals surface area contributed by atoms with Gasteiger partial charge in [0.15, 0.2) is 0 Å². The molecule has 2 unspecified atom stereocenters. The van der Waals surface area contributed by atoms with E-state index < -0.39 is 0 Å². The summed E-state index contributed by atoms with van der Waals surface area (Å²) in [4.78, 5) is 26.1. The maximum atomic E-state index is 13.2. The van der Waals surface area contributed by atoms with Gasteiger partial charge in [0.05, 0.1) is 16.6 Å². The molecule has 0 spiro atoms. The van der Waals surface area contributed by atoms with Crippen LogP contribution in [0.4, 0.5) is 0 Å². The molecule has 0 aliphatic carbocycles. The first kappa shape index (κ1) is 22.1. The minimum atomic E-state index is -0.382. The summed E-state index contributed by atoms with van der Waals surface area (Å²) >= 11 is 3.41. The molecule has 5 nitrogen and oxygen atoms in total. The molecule has 1 aromatic heterocycles. The van der Waals surface area contributed by atoms with Gasteiger partial charge >= 0.3 is 0 Å². The number of ether oxygens (including phenoxy) is 1. The first-order valence-electron chi connectivity index (χ1n) is 11.6. The predicted octanol–water partition coefficient (Wildman–Crippen LogP) is 4.67. The van der Waals surface area contributed by atoms with Gasteiger partial charge in [-0.2, -0.15) is 0 Å². The molecular formula is C27H27BrN2O3. The Morgan fingerprint density at radius 1 is 1.03 bits per heavy atom. The molecule has 6 heteroatoms. The fourth-order valence-electron chi connectivity index (χ4n) is 5.02. The molecule has 170 valence electrons. The van der Waals surface area contributed by atoms with Crippen LogP contribution < -0.4 is 10.9 Å². The molecule has 3 heterocycles. The molecular weight excluding hydrogens is 480 g/mol. The van der Waals surface area contributed by atoms with Crippen LogP contribution in [0.2, 0.25) is 0 Å². The molecule has 0 bridgehead atoms. The van der Waals surface area contributed by atoms with Gasteiger partial charge in [0.25, 0.3) is 5.56 Å². The third-order valence-electron chi connectivity index (χ3n) is 6.69. The highest BCUT2D eigenvalue weighted by molar-refractivity contribution is 9.10. The maximum absolute atomic E-state index is 13.2. The molecule has 2 aromatic carbocycles. The lowest BCUT2D eigenvalue weighted by Gasteiger charge is -2.36. The summed E-state index contributed by atoms with van der Waals surface area (Å²) in [7, 11) is 0. The molecule has 3 aromatic rings. The molecule has 33 heavy (non-hydrogen) atoms. The van der Waals surface area contributed by atoms with Crippen molar-refractivity contribution in [2.45, 2.75) is 50.3 Å². The van der Waals surface area contributed by atoms with E-state index in [4.69, 9.17) is 4.74 Å². The van der Waals surface area contributed by atoms with Crippen molar-refractivity contribution >= 4 is 21.8 Å². The summed E-state index contributed by atoms with van der Waals surface area (Å²) < 4.78 is 8.02. The van der Waals surface area contributed by atoms with E-state index in [0.29, 0.717) is 17.5 Å². The van der Waals surface area contributed by atoms with Crippen molar-refractivity contribution < 1.29 is 9.53 Å². The van der Waals surface area contributed by atoms with Gasteiger partial charge in [0.2, 0.25) is 5.91 Å². The van der Waals surface area contributed by atoms with Crippen molar-refractivity contribution in [3.63, 3.8) is 0 Å². The van der Waals surface area contributed by atoms with Gasteiger partial charge in [-0.25, -0.2) is 0 Å². The van der Waals surface area contributed by atoms with Gasteiger partial charge < -0.3 is 14.6 Å². The number of carbonyl (C=O) groups is 1. The number of halogens is 1. The van der Waals surface area contributed by atoms with Crippen molar-refractivity contribution in [2.75, 3.05) is 6.61 Å². The second-order valence-electron chi connectivity index (χ2n) is 8.84. The van der Waals surface area contributed by atoms with E-state index in [0.717, 1.165) is 48.1 Å². The first-order valence-corrected chi connectivity index (χ1v) is 12.4. The Bertz CT molecular complexity index is 1200. The van der Waals surface area contributed by atoms with Crippen LogP contribution >= 0.6 is 15.9 Å². The second kappa shape index (κ2) is 9.65. The highest BCUT2D eigenvalue weighted by Gasteiger charge is 2.34. The average Bonchev–Trinajstić information content (AvgIpc) is 3.39. The van der Waals surface area contributed by atoms with Gasteiger partial charge in [0, 0.05) is 12.3 Å². The van der Waals surface area contributed by atoms with Crippen LogP contribution in [-0.2, 0) is 22.4 Å². The van der Waals surface area contributed by atoms with E-state index in [9.17, 15) is 9.59 Å². The molecule has 3 atom stereocenters. The van der Waals surface area contributed by atoms with Crippen LogP contribution in [0.5, 0.6) is 0 Å². The van der Waals surface area contributed by atoms with Crippen molar-refractivity contribution in [1.82, 2.24) is 9.88 Å². The SMILES string of the molecule is O=C(NC1CCc2ccc(Br)c(=O)n2C1Cc1cccc(-c2ccccc2)c1)[C@@H]1CCCO1. The number of fused-ring (bicyclic) bond motifs is 1. The lowest BCUT2D eigenvalue weighted by atomic mass is 9.89. The van der Waals surface area contributed by atoms with Gasteiger partial charge in [0.1, 0.15) is 6.10 Å². The molecule has 1 N–H and O–H groups in total. The van der Waals surface area contributed by atoms with Crippen LogP contribution in [-0.4, -0.2) is 29.2 Å². The Kier molecular flexibility index (Phi) is 6.47. The third kappa shape index (κ3) is 4.68. The molecule has 1 saturated heterocycles. The van der Waals surface area contributed by atoms with Crippen LogP contribution in [0.25, 0.3) is 11.1 Å². The summed E-state index contributed by atoms with van der Waals surface area (Å²) in [6, 6.07) is 22.3. The Morgan fingerprint density at radius 2 is 1.85 bits per heavy atom. The van der Waals surface area contributed by atoms with Crippen LogP contribution in [0.1, 0.15) is 36.6 Å². The third-order valence-corrected chi connectivity index (χ3v) is 7.29. The second-order valence-corrected chi connectivity index (χ2v) is 9.70. The van der Waals surface area contributed by atoms with E-state index in [-0.39, 0.29) is 29.7 Å². The molecule has 2 aliphatic heterocycles. The number of aryl methyl sites for hydroxylation is 1. The Balaban J connectivity index is 1.48. The number of nitrogens with one attached hydrogen (secondary N) is 1. The summed E-state index contributed by atoms with van der Waals surface area (Å²) in [6.07, 6.45) is 3.48. The minimum Gasteiger partial charge on any atom is -0.368 e. The Labute approximate surface area is 201 Å². The van der Waals surface area contributed by atoms with Crippen molar-refractivity contribution in [2.24, 2.45) is 0 Å². The van der Waals surface area contributed by atoms with Crippen LogP contribution in [0, 0.1) is 0 Å². The smallest absolute Gasteiger partial charge is 0.265 e. The standard InChI is InChI=1S/C27H27BrN2O3/c28-22-13-11-21-12-14-23(29-26(31)25-10-5-15-33-25)24(30(21)27(22)32)17-18-6-4-9-20(16-18)19-7-2-1-3-8-19/h1-4,6-9,11,13,16,23-25H,5,10,12,14-15,17H2,(H,29,31)/t23?,24?,25-/m0/s1. The number of hydrogen-bond donors (Lipinski definition) is 1. The van der Waals surface area contributed by atoms with Crippen molar-refractivity contribution in [1.29, 1.82) is 0 Å². The fourth-order valence-corrected chi connectivity index (χ4v) is 5.34. The number of amides is 1. The highest BCUT2D eigenvalue weighted by Crippen LogP contribution is 2.30. The lowest BCUT2D eigenvalue weighted by molar-refractivity contribution is -0.131. The van der Waals surface area contributed by atoms with Crippen LogP contribution in [0.15, 0.2) is 76.0 Å². The van der Waals surface area contributed by atoms with E-state index in [1.54, 1.807) is 0 Å². The zero-order valence-electron chi connectivity index (χ0n) is 18.4. The number of pyridine rings is 1. The number of nitrogens with zero attached hydrogens (tertiary/aromatic N) is 1. The van der Waals surface area contributed by atoms with Gasteiger partial charge in [-0.05, 0) is 76.9 Å².